The summed E-state index contributed by atoms with van der Waals surface area (Å²) in [7, 11) is 0. The summed E-state index contributed by atoms with van der Waals surface area (Å²) in [5.41, 5.74) is 0.347. The minimum Gasteiger partial charge on any atom is -0.476 e. The Bertz CT molecular complexity index is 627. The number of carbonyl (C=O) groups is 1. The zero-order valence-electron chi connectivity index (χ0n) is 10.1. The van der Waals surface area contributed by atoms with Crippen molar-refractivity contribution in [2.75, 3.05) is 0 Å². The van der Waals surface area contributed by atoms with Crippen molar-refractivity contribution >= 4 is 17.6 Å². The van der Waals surface area contributed by atoms with Gasteiger partial charge in [0.05, 0.1) is 5.69 Å². The molecule has 5 nitrogen and oxygen atoms in total. The Balaban J connectivity index is 2.58. The molecule has 0 bridgehead atoms. The van der Waals surface area contributed by atoms with Gasteiger partial charge >= 0.3 is 5.97 Å². The van der Waals surface area contributed by atoms with Gasteiger partial charge in [-0.25, -0.2) is 13.9 Å². The molecule has 0 aliphatic rings. The van der Waals surface area contributed by atoms with Crippen molar-refractivity contribution in [3.05, 3.63) is 40.4 Å². The molecular formula is C12H11ClFN3O2. The van der Waals surface area contributed by atoms with Crippen LogP contribution in [0.2, 0.25) is 5.02 Å². The van der Waals surface area contributed by atoms with Gasteiger partial charge in [0.25, 0.3) is 0 Å². The van der Waals surface area contributed by atoms with Gasteiger partial charge in [-0.3, -0.25) is 0 Å². The Morgan fingerprint density at radius 1 is 1.53 bits per heavy atom. The van der Waals surface area contributed by atoms with E-state index in [0.29, 0.717) is 18.5 Å². The standard InChI is InChI=1S/C12H11ClFN3O2/c1-2-3-10-11(12(18)19)15-16-17(10)9-5-4-7(13)6-8(9)14/h4-6H,2-3H2,1H3,(H,18,19). The van der Waals surface area contributed by atoms with Gasteiger partial charge in [0.2, 0.25) is 0 Å². The lowest BCUT2D eigenvalue weighted by atomic mass is 10.2. The summed E-state index contributed by atoms with van der Waals surface area (Å²) >= 11 is 5.68. The van der Waals surface area contributed by atoms with Gasteiger partial charge in [-0.15, -0.1) is 5.10 Å². The van der Waals surface area contributed by atoms with Gasteiger partial charge in [0.1, 0.15) is 11.5 Å². The summed E-state index contributed by atoms with van der Waals surface area (Å²) < 4.78 is 15.1. The lowest BCUT2D eigenvalue weighted by molar-refractivity contribution is 0.0689. The van der Waals surface area contributed by atoms with Gasteiger partial charge in [-0.2, -0.15) is 0 Å². The molecule has 0 saturated carbocycles. The van der Waals surface area contributed by atoms with Crippen molar-refractivity contribution in [3.63, 3.8) is 0 Å². The van der Waals surface area contributed by atoms with Crippen LogP contribution in [0.15, 0.2) is 18.2 Å². The highest BCUT2D eigenvalue weighted by molar-refractivity contribution is 6.30. The summed E-state index contributed by atoms with van der Waals surface area (Å²) in [6.07, 6.45) is 1.14. The van der Waals surface area contributed by atoms with Crippen molar-refractivity contribution in [3.8, 4) is 5.69 Å². The van der Waals surface area contributed by atoms with Gasteiger partial charge in [-0.1, -0.05) is 30.2 Å². The highest BCUT2D eigenvalue weighted by atomic mass is 35.5. The summed E-state index contributed by atoms with van der Waals surface area (Å²) in [5, 5.41) is 16.6. The second-order valence-electron chi connectivity index (χ2n) is 3.95. The monoisotopic (exact) mass is 283 g/mol. The molecule has 0 atom stereocenters. The van der Waals surface area contributed by atoms with Crippen molar-refractivity contribution in [2.45, 2.75) is 19.8 Å². The van der Waals surface area contributed by atoms with Crippen LogP contribution in [-0.4, -0.2) is 26.1 Å². The number of benzene rings is 1. The van der Waals surface area contributed by atoms with E-state index in [1.807, 2.05) is 6.92 Å². The summed E-state index contributed by atoms with van der Waals surface area (Å²) in [6.45, 7) is 1.89. The molecule has 0 saturated heterocycles. The zero-order chi connectivity index (χ0) is 14.0. The van der Waals surface area contributed by atoms with Crippen LogP contribution in [0.1, 0.15) is 29.5 Å². The minimum atomic E-state index is -1.18. The number of carboxylic acid groups (broad SMARTS) is 1. The number of nitrogens with zero attached hydrogens (tertiary/aromatic N) is 3. The first-order valence-electron chi connectivity index (χ1n) is 5.68. The van der Waals surface area contributed by atoms with E-state index in [2.05, 4.69) is 10.3 Å². The first kappa shape index (κ1) is 13.5. The molecule has 100 valence electrons. The molecule has 0 amide bonds. The normalized spacial score (nSPS) is 10.7. The maximum absolute atomic E-state index is 13.8. The number of hydrogen-bond acceptors (Lipinski definition) is 3. The van der Waals surface area contributed by atoms with E-state index in [1.54, 1.807) is 0 Å². The smallest absolute Gasteiger partial charge is 0.358 e. The maximum Gasteiger partial charge on any atom is 0.358 e. The van der Waals surface area contributed by atoms with E-state index in [-0.39, 0.29) is 16.4 Å². The van der Waals surface area contributed by atoms with E-state index in [4.69, 9.17) is 16.7 Å². The number of carboxylic acids is 1. The molecule has 0 fully saturated rings. The molecular weight excluding hydrogens is 273 g/mol. The predicted octanol–water partition coefficient (Wildman–Crippen LogP) is 2.71. The van der Waals surface area contributed by atoms with E-state index in [1.165, 1.54) is 16.8 Å². The van der Waals surface area contributed by atoms with Crippen LogP contribution in [0.4, 0.5) is 4.39 Å². The van der Waals surface area contributed by atoms with Crippen LogP contribution in [0.25, 0.3) is 5.69 Å². The number of aromatic carboxylic acids is 1. The average molecular weight is 284 g/mol. The van der Waals surface area contributed by atoms with Crippen LogP contribution in [0.3, 0.4) is 0 Å². The van der Waals surface area contributed by atoms with E-state index < -0.39 is 11.8 Å². The lowest BCUT2D eigenvalue weighted by Gasteiger charge is -2.07. The second kappa shape index (κ2) is 5.36. The van der Waals surface area contributed by atoms with Crippen molar-refractivity contribution in [1.29, 1.82) is 0 Å². The van der Waals surface area contributed by atoms with Gasteiger partial charge < -0.3 is 5.11 Å². The zero-order valence-corrected chi connectivity index (χ0v) is 10.9. The van der Waals surface area contributed by atoms with E-state index >= 15 is 0 Å². The SMILES string of the molecule is CCCc1c(C(=O)O)nnn1-c1ccc(Cl)cc1F. The van der Waals surface area contributed by atoms with E-state index in [9.17, 15) is 9.18 Å². The first-order chi connectivity index (χ1) is 9.04. The van der Waals surface area contributed by atoms with Crippen molar-refractivity contribution < 1.29 is 14.3 Å². The molecule has 0 unspecified atom stereocenters. The summed E-state index contributed by atoms with van der Waals surface area (Å²) in [6, 6.07) is 4.10. The highest BCUT2D eigenvalue weighted by Crippen LogP contribution is 2.21. The van der Waals surface area contributed by atoms with Crippen LogP contribution in [0.5, 0.6) is 0 Å². The minimum absolute atomic E-state index is 0.132. The second-order valence-corrected chi connectivity index (χ2v) is 4.38. The Hall–Kier alpha value is -1.95. The molecule has 0 spiro atoms. The number of hydrogen-bond donors (Lipinski definition) is 1. The van der Waals surface area contributed by atoms with Gasteiger partial charge in [0, 0.05) is 5.02 Å². The molecule has 7 heteroatoms. The maximum atomic E-state index is 13.8. The number of halogens is 2. The summed E-state index contributed by atoms with van der Waals surface area (Å²) in [5.74, 6) is -1.75. The number of rotatable bonds is 4. The van der Waals surface area contributed by atoms with Gasteiger partial charge in [-0.05, 0) is 24.6 Å². The van der Waals surface area contributed by atoms with Gasteiger partial charge in [0.15, 0.2) is 5.69 Å². The Morgan fingerprint density at radius 3 is 2.84 bits per heavy atom. The molecule has 2 rings (SSSR count). The first-order valence-corrected chi connectivity index (χ1v) is 6.05. The molecule has 1 N–H and O–H groups in total. The van der Waals surface area contributed by atoms with Crippen LogP contribution >= 0.6 is 11.6 Å². The third-order valence-electron chi connectivity index (χ3n) is 2.59. The predicted molar refractivity (Wildman–Crippen MR) is 67.3 cm³/mol. The molecule has 0 aliphatic heterocycles. The van der Waals surface area contributed by atoms with Crippen LogP contribution < -0.4 is 0 Å². The molecule has 1 aromatic carbocycles. The number of aromatic nitrogens is 3. The lowest BCUT2D eigenvalue weighted by Crippen LogP contribution is -2.08. The fourth-order valence-corrected chi connectivity index (χ4v) is 1.93. The Morgan fingerprint density at radius 2 is 2.26 bits per heavy atom. The fourth-order valence-electron chi connectivity index (χ4n) is 1.78. The third kappa shape index (κ3) is 2.58. The highest BCUT2D eigenvalue weighted by Gasteiger charge is 2.20. The topological polar surface area (TPSA) is 68.0 Å². The summed E-state index contributed by atoms with van der Waals surface area (Å²) in [4.78, 5) is 11.0. The quantitative estimate of drug-likeness (QED) is 0.937. The molecule has 1 heterocycles. The van der Waals surface area contributed by atoms with Crippen LogP contribution in [0, 0.1) is 5.82 Å². The Kier molecular flexibility index (Phi) is 3.80. The fraction of sp³-hybridized carbons (Fsp3) is 0.250. The van der Waals surface area contributed by atoms with Crippen molar-refractivity contribution in [2.24, 2.45) is 0 Å². The molecule has 0 radical (unpaired) electrons. The molecule has 1 aromatic heterocycles. The molecule has 19 heavy (non-hydrogen) atoms. The largest absolute Gasteiger partial charge is 0.476 e. The average Bonchev–Trinajstić information content (AvgIpc) is 2.73. The Labute approximate surface area is 113 Å². The molecule has 2 aromatic rings. The van der Waals surface area contributed by atoms with Crippen LogP contribution in [-0.2, 0) is 6.42 Å². The third-order valence-corrected chi connectivity index (χ3v) is 2.83. The van der Waals surface area contributed by atoms with Crippen molar-refractivity contribution in [1.82, 2.24) is 15.0 Å². The molecule has 0 aliphatic carbocycles. The van der Waals surface area contributed by atoms with E-state index in [0.717, 1.165) is 6.07 Å².